The van der Waals surface area contributed by atoms with Crippen molar-refractivity contribution in [1.82, 2.24) is 0 Å². The number of fused-ring (bicyclic) bond motifs is 1. The van der Waals surface area contributed by atoms with Crippen molar-refractivity contribution >= 4 is 10.8 Å². The van der Waals surface area contributed by atoms with Crippen molar-refractivity contribution in [2.75, 3.05) is 6.61 Å². The molecular weight excluding hydrogens is 210 g/mol. The number of benzene rings is 2. The van der Waals surface area contributed by atoms with Crippen LogP contribution in [0.25, 0.3) is 10.8 Å². The molecule has 0 fully saturated rings. The summed E-state index contributed by atoms with van der Waals surface area (Å²) in [5.41, 5.74) is -0.0414. The van der Waals surface area contributed by atoms with Gasteiger partial charge in [0.2, 0.25) is 0 Å². The molecule has 0 atom stereocenters. The Hall–Kier alpha value is -1.48. The van der Waals surface area contributed by atoms with Gasteiger partial charge in [-0.3, -0.25) is 0 Å². The van der Waals surface area contributed by atoms with Gasteiger partial charge in [-0.1, -0.05) is 36.4 Å². The molecular formula is C13H12F2O. The van der Waals surface area contributed by atoms with Crippen LogP contribution >= 0.6 is 0 Å². The van der Waals surface area contributed by atoms with E-state index in [0.717, 1.165) is 10.8 Å². The highest BCUT2D eigenvalue weighted by molar-refractivity contribution is 5.83. The summed E-state index contributed by atoms with van der Waals surface area (Å²) in [5.74, 6) is -2.96. The Bertz CT molecular complexity index is 494. The number of hydrogen-bond donors (Lipinski definition) is 1. The van der Waals surface area contributed by atoms with E-state index in [-0.39, 0.29) is 5.56 Å². The van der Waals surface area contributed by atoms with Crippen LogP contribution in [0.3, 0.4) is 0 Å². The van der Waals surface area contributed by atoms with Crippen molar-refractivity contribution in [3.05, 3.63) is 48.0 Å². The standard InChI is InChI=1S/C13H12F2O/c14-13(15,7-8-16)12-6-5-10-3-1-2-4-11(10)9-12/h1-6,9,16H,7-8H2. The zero-order chi connectivity index (χ0) is 11.6. The number of aliphatic hydroxyl groups excluding tert-OH is 1. The quantitative estimate of drug-likeness (QED) is 0.844. The molecule has 16 heavy (non-hydrogen) atoms. The van der Waals surface area contributed by atoms with Crippen LogP contribution in [0.15, 0.2) is 42.5 Å². The monoisotopic (exact) mass is 222 g/mol. The molecule has 0 aliphatic rings. The van der Waals surface area contributed by atoms with Crippen LogP contribution in [0.1, 0.15) is 12.0 Å². The lowest BCUT2D eigenvalue weighted by Gasteiger charge is -2.15. The minimum Gasteiger partial charge on any atom is -0.396 e. The van der Waals surface area contributed by atoms with Gasteiger partial charge in [0.05, 0.1) is 0 Å². The molecule has 3 heteroatoms. The summed E-state index contributed by atoms with van der Waals surface area (Å²) in [6.07, 6.45) is -0.536. The summed E-state index contributed by atoms with van der Waals surface area (Å²) in [6.45, 7) is -0.514. The van der Waals surface area contributed by atoms with Crippen molar-refractivity contribution in [1.29, 1.82) is 0 Å². The summed E-state index contributed by atoms with van der Waals surface area (Å²) < 4.78 is 27.0. The first kappa shape index (κ1) is 11.0. The zero-order valence-electron chi connectivity index (χ0n) is 8.66. The van der Waals surface area contributed by atoms with Gasteiger partial charge in [-0.2, -0.15) is 0 Å². The van der Waals surface area contributed by atoms with Gasteiger partial charge < -0.3 is 5.11 Å². The number of hydrogen-bond acceptors (Lipinski definition) is 1. The molecule has 1 N–H and O–H groups in total. The maximum absolute atomic E-state index is 13.5. The van der Waals surface area contributed by atoms with Gasteiger partial charge in [0, 0.05) is 18.6 Å². The van der Waals surface area contributed by atoms with Crippen molar-refractivity contribution in [2.24, 2.45) is 0 Å². The molecule has 84 valence electrons. The second kappa shape index (κ2) is 4.18. The Morgan fingerprint density at radius 2 is 1.69 bits per heavy atom. The summed E-state index contributed by atoms with van der Waals surface area (Å²) in [4.78, 5) is 0. The smallest absolute Gasteiger partial charge is 0.275 e. The highest BCUT2D eigenvalue weighted by Crippen LogP contribution is 2.32. The molecule has 2 rings (SSSR count). The molecule has 0 spiro atoms. The minimum absolute atomic E-state index is 0.0414. The second-order valence-corrected chi connectivity index (χ2v) is 3.74. The topological polar surface area (TPSA) is 20.2 Å². The fourth-order valence-corrected chi connectivity index (χ4v) is 1.70. The Morgan fingerprint density at radius 3 is 2.38 bits per heavy atom. The van der Waals surface area contributed by atoms with E-state index < -0.39 is 19.0 Å². The van der Waals surface area contributed by atoms with E-state index in [0.29, 0.717) is 0 Å². The summed E-state index contributed by atoms with van der Waals surface area (Å²) >= 11 is 0. The van der Waals surface area contributed by atoms with E-state index in [1.807, 2.05) is 18.2 Å². The van der Waals surface area contributed by atoms with E-state index in [2.05, 4.69) is 0 Å². The Morgan fingerprint density at radius 1 is 1.00 bits per heavy atom. The molecule has 2 aromatic rings. The molecule has 0 saturated heterocycles. The molecule has 0 aliphatic heterocycles. The molecule has 0 unspecified atom stereocenters. The number of alkyl halides is 2. The van der Waals surface area contributed by atoms with Crippen LogP contribution in [0.2, 0.25) is 0 Å². The Balaban J connectivity index is 2.46. The summed E-state index contributed by atoms with van der Waals surface area (Å²) in [6, 6.07) is 11.9. The lowest BCUT2D eigenvalue weighted by Crippen LogP contribution is -2.14. The number of halogens is 2. The van der Waals surface area contributed by atoms with Gasteiger partial charge in [-0.15, -0.1) is 0 Å². The molecule has 0 bridgehead atoms. The highest BCUT2D eigenvalue weighted by Gasteiger charge is 2.30. The number of aliphatic hydroxyl groups is 1. The van der Waals surface area contributed by atoms with Crippen molar-refractivity contribution in [3.63, 3.8) is 0 Å². The first-order valence-corrected chi connectivity index (χ1v) is 5.11. The molecule has 0 heterocycles. The predicted octanol–water partition coefficient (Wildman–Crippen LogP) is 3.31. The van der Waals surface area contributed by atoms with E-state index in [1.165, 1.54) is 12.1 Å². The lowest BCUT2D eigenvalue weighted by atomic mass is 10.0. The van der Waals surface area contributed by atoms with Gasteiger partial charge in [0.15, 0.2) is 0 Å². The molecule has 0 saturated carbocycles. The first-order valence-electron chi connectivity index (χ1n) is 5.11. The molecule has 0 amide bonds. The van der Waals surface area contributed by atoms with E-state index in [1.54, 1.807) is 12.1 Å². The maximum atomic E-state index is 13.5. The third kappa shape index (κ3) is 2.04. The Labute approximate surface area is 92.3 Å². The SMILES string of the molecule is OCCC(F)(F)c1ccc2ccccc2c1. The van der Waals surface area contributed by atoms with Gasteiger partial charge in [-0.25, -0.2) is 8.78 Å². The number of rotatable bonds is 3. The van der Waals surface area contributed by atoms with Crippen LogP contribution < -0.4 is 0 Å². The van der Waals surface area contributed by atoms with Gasteiger partial charge >= 0.3 is 0 Å². The molecule has 1 nitrogen and oxygen atoms in total. The van der Waals surface area contributed by atoms with Crippen LogP contribution in [0, 0.1) is 0 Å². The molecule has 0 aromatic heterocycles. The maximum Gasteiger partial charge on any atom is 0.275 e. The van der Waals surface area contributed by atoms with Gasteiger partial charge in [0.1, 0.15) is 0 Å². The van der Waals surface area contributed by atoms with Gasteiger partial charge in [0.25, 0.3) is 5.92 Å². The Kier molecular flexibility index (Phi) is 2.88. The fourth-order valence-electron chi connectivity index (χ4n) is 1.70. The first-order chi connectivity index (χ1) is 7.63. The minimum atomic E-state index is -2.96. The third-order valence-corrected chi connectivity index (χ3v) is 2.60. The van der Waals surface area contributed by atoms with E-state index in [9.17, 15) is 8.78 Å². The van der Waals surface area contributed by atoms with Crippen LogP contribution in [-0.4, -0.2) is 11.7 Å². The van der Waals surface area contributed by atoms with Crippen LogP contribution in [0.5, 0.6) is 0 Å². The second-order valence-electron chi connectivity index (χ2n) is 3.74. The van der Waals surface area contributed by atoms with Crippen LogP contribution in [0.4, 0.5) is 8.78 Å². The van der Waals surface area contributed by atoms with Crippen molar-refractivity contribution in [3.8, 4) is 0 Å². The normalized spacial score (nSPS) is 11.9. The zero-order valence-corrected chi connectivity index (χ0v) is 8.66. The summed E-state index contributed by atoms with van der Waals surface area (Å²) in [5, 5.41) is 10.3. The van der Waals surface area contributed by atoms with Crippen molar-refractivity contribution < 1.29 is 13.9 Å². The largest absolute Gasteiger partial charge is 0.396 e. The van der Waals surface area contributed by atoms with E-state index >= 15 is 0 Å². The lowest BCUT2D eigenvalue weighted by molar-refractivity contribution is -0.0268. The van der Waals surface area contributed by atoms with Crippen molar-refractivity contribution in [2.45, 2.75) is 12.3 Å². The average molecular weight is 222 g/mol. The summed E-state index contributed by atoms with van der Waals surface area (Å²) in [7, 11) is 0. The molecule has 2 aromatic carbocycles. The van der Waals surface area contributed by atoms with E-state index in [4.69, 9.17) is 5.11 Å². The highest BCUT2D eigenvalue weighted by atomic mass is 19.3. The third-order valence-electron chi connectivity index (χ3n) is 2.60. The van der Waals surface area contributed by atoms with Gasteiger partial charge in [-0.05, 0) is 16.8 Å². The predicted molar refractivity (Wildman–Crippen MR) is 59.5 cm³/mol. The fraction of sp³-hybridized carbons (Fsp3) is 0.231. The molecule has 0 aliphatic carbocycles. The average Bonchev–Trinajstić information content (AvgIpc) is 2.28. The van der Waals surface area contributed by atoms with Crippen LogP contribution in [-0.2, 0) is 5.92 Å². The molecule has 0 radical (unpaired) electrons.